The summed E-state index contributed by atoms with van der Waals surface area (Å²) < 4.78 is 32.4. The second-order valence-corrected chi connectivity index (χ2v) is 8.90. The lowest BCUT2D eigenvalue weighted by Crippen LogP contribution is -2.30. The van der Waals surface area contributed by atoms with Crippen molar-refractivity contribution in [1.82, 2.24) is 14.5 Å². The van der Waals surface area contributed by atoms with Crippen molar-refractivity contribution >= 4 is 28.4 Å². The minimum Gasteiger partial charge on any atom is -0.473 e. The van der Waals surface area contributed by atoms with Crippen LogP contribution < -0.4 is 9.47 Å². The number of aryl methyl sites for hydroxylation is 1. The number of carbonyl (C=O) groups excluding carboxylic acids is 1. The Labute approximate surface area is 187 Å². The Morgan fingerprint density at radius 2 is 1.94 bits per heavy atom. The van der Waals surface area contributed by atoms with Crippen LogP contribution in [0, 0.1) is 5.92 Å². The van der Waals surface area contributed by atoms with E-state index in [4.69, 9.17) is 25.8 Å². The van der Waals surface area contributed by atoms with E-state index < -0.39 is 6.17 Å². The number of ketones is 1. The van der Waals surface area contributed by atoms with Crippen molar-refractivity contribution in [3.8, 4) is 11.9 Å². The van der Waals surface area contributed by atoms with Crippen molar-refractivity contribution in [1.29, 1.82) is 0 Å². The highest BCUT2D eigenvalue weighted by Gasteiger charge is 2.26. The third-order valence-corrected chi connectivity index (χ3v) is 5.72. The minimum atomic E-state index is -1.12. The second kappa shape index (κ2) is 10.6. The Kier molecular flexibility index (Phi) is 8.11. The number of imidazole rings is 1. The normalized spacial score (nSPS) is 21.1. The van der Waals surface area contributed by atoms with Gasteiger partial charge in [0.1, 0.15) is 35.2 Å². The number of fused-ring (bicyclic) bond motifs is 1. The number of nitrogens with zero attached hydrogens (tertiary/aromatic N) is 3. The smallest absolute Gasteiger partial charge is 0.297 e. The van der Waals surface area contributed by atoms with Gasteiger partial charge < -0.3 is 19.0 Å². The fourth-order valence-electron chi connectivity index (χ4n) is 3.84. The van der Waals surface area contributed by atoms with Crippen LogP contribution in [0.3, 0.4) is 0 Å². The van der Waals surface area contributed by atoms with E-state index in [0.29, 0.717) is 35.1 Å². The van der Waals surface area contributed by atoms with Crippen molar-refractivity contribution in [2.45, 2.75) is 71.3 Å². The first-order valence-electron chi connectivity index (χ1n) is 10.8. The predicted octanol–water partition coefficient (Wildman–Crippen LogP) is 4.68. The number of hydrogen-bond donors (Lipinski definition) is 0. The molecule has 0 bridgehead atoms. The van der Waals surface area contributed by atoms with Crippen molar-refractivity contribution < 1.29 is 23.4 Å². The van der Waals surface area contributed by atoms with Crippen LogP contribution in [0.2, 0.25) is 5.02 Å². The number of rotatable bonds is 10. The molecule has 9 heteroatoms. The monoisotopic (exact) mass is 455 g/mol. The molecule has 2 aromatic rings. The topological polar surface area (TPSA) is 75.5 Å². The molecule has 1 fully saturated rings. The van der Waals surface area contributed by atoms with Gasteiger partial charge in [0.25, 0.3) is 6.01 Å². The summed E-state index contributed by atoms with van der Waals surface area (Å²) in [4.78, 5) is 19.9. The molecule has 0 aliphatic heterocycles. The van der Waals surface area contributed by atoms with Gasteiger partial charge in [0.2, 0.25) is 5.88 Å². The summed E-state index contributed by atoms with van der Waals surface area (Å²) in [6, 6.07) is 0.467. The quantitative estimate of drug-likeness (QED) is 0.517. The van der Waals surface area contributed by atoms with Gasteiger partial charge in [-0.15, -0.1) is 0 Å². The second-order valence-electron chi connectivity index (χ2n) is 8.52. The highest BCUT2D eigenvalue weighted by molar-refractivity contribution is 6.36. The summed E-state index contributed by atoms with van der Waals surface area (Å²) in [6.45, 7) is 5.56. The maximum Gasteiger partial charge on any atom is 0.297 e. The molecule has 1 aliphatic rings. The van der Waals surface area contributed by atoms with Crippen LogP contribution in [0.5, 0.6) is 11.9 Å². The number of alkyl halides is 1. The number of halogens is 2. The van der Waals surface area contributed by atoms with E-state index >= 15 is 0 Å². The van der Waals surface area contributed by atoms with E-state index in [1.807, 2.05) is 14.0 Å². The Hall–Kier alpha value is -1.93. The van der Waals surface area contributed by atoms with E-state index in [0.717, 1.165) is 25.7 Å². The van der Waals surface area contributed by atoms with Crippen LogP contribution >= 0.6 is 11.6 Å². The van der Waals surface area contributed by atoms with E-state index in [2.05, 4.69) is 9.97 Å². The standard InChI is InChI=1S/C22H31ClFN3O4/c1-13(9-15(3)28)11-29-16-5-7-17(8-6-16)31-22-26-18-10-25-21(30-12-14(2)24)19(23)20(18)27(22)4/h10,13-14,16-17H,5-9,11-12H2,1-4H3/t13-,14+,16?,17?/m1/s1. The molecule has 1 saturated carbocycles. The molecule has 2 heterocycles. The van der Waals surface area contributed by atoms with Gasteiger partial charge in [-0.05, 0) is 45.4 Å². The van der Waals surface area contributed by atoms with Crippen LogP contribution in [0.1, 0.15) is 52.9 Å². The molecule has 0 amide bonds. The Bertz CT molecular complexity index is 896. The molecule has 1 aliphatic carbocycles. The van der Waals surface area contributed by atoms with Gasteiger partial charge in [-0.25, -0.2) is 9.37 Å². The predicted molar refractivity (Wildman–Crippen MR) is 117 cm³/mol. The van der Waals surface area contributed by atoms with E-state index in [1.54, 1.807) is 17.7 Å². The number of carbonyl (C=O) groups is 1. The average Bonchev–Trinajstić information content (AvgIpc) is 3.02. The van der Waals surface area contributed by atoms with Crippen LogP contribution in [0.25, 0.3) is 11.0 Å². The zero-order valence-electron chi connectivity index (χ0n) is 18.6. The number of ether oxygens (including phenoxy) is 3. The Morgan fingerprint density at radius 1 is 1.26 bits per heavy atom. The molecule has 2 aromatic heterocycles. The number of Topliss-reactive ketones (excluding diaryl/α,β-unsaturated/α-hetero) is 1. The molecule has 3 rings (SSSR count). The van der Waals surface area contributed by atoms with E-state index in [-0.39, 0.29) is 36.4 Å². The highest BCUT2D eigenvalue weighted by atomic mass is 35.5. The molecule has 172 valence electrons. The van der Waals surface area contributed by atoms with Gasteiger partial charge >= 0.3 is 0 Å². The fraction of sp³-hybridized carbons (Fsp3) is 0.682. The Morgan fingerprint density at radius 3 is 2.58 bits per heavy atom. The molecule has 2 atom stereocenters. The van der Waals surface area contributed by atoms with Gasteiger partial charge in [-0.1, -0.05) is 18.5 Å². The van der Waals surface area contributed by atoms with Crippen molar-refractivity contribution in [3.63, 3.8) is 0 Å². The summed E-state index contributed by atoms with van der Waals surface area (Å²) in [5.41, 5.74) is 1.24. The van der Waals surface area contributed by atoms with Gasteiger partial charge in [0.05, 0.1) is 17.8 Å². The van der Waals surface area contributed by atoms with Crippen molar-refractivity contribution in [2.24, 2.45) is 13.0 Å². The molecule has 0 saturated heterocycles. The molecule has 0 spiro atoms. The van der Waals surface area contributed by atoms with Gasteiger partial charge in [-0.2, -0.15) is 4.98 Å². The zero-order valence-corrected chi connectivity index (χ0v) is 19.3. The van der Waals surface area contributed by atoms with Crippen LogP contribution in [-0.4, -0.2) is 51.9 Å². The Balaban J connectivity index is 1.57. The molecule has 0 aromatic carbocycles. The first-order valence-corrected chi connectivity index (χ1v) is 11.2. The van der Waals surface area contributed by atoms with Crippen molar-refractivity contribution in [3.05, 3.63) is 11.2 Å². The molecular formula is C22H31ClFN3O4. The summed E-state index contributed by atoms with van der Waals surface area (Å²) in [5, 5.41) is 0.291. The average molecular weight is 456 g/mol. The van der Waals surface area contributed by atoms with Gasteiger partial charge in [-0.3, -0.25) is 4.57 Å². The van der Waals surface area contributed by atoms with Crippen molar-refractivity contribution in [2.75, 3.05) is 13.2 Å². The zero-order chi connectivity index (χ0) is 22.5. The summed E-state index contributed by atoms with van der Waals surface area (Å²) in [6.07, 6.45) is 4.78. The highest BCUT2D eigenvalue weighted by Crippen LogP contribution is 2.34. The first kappa shape index (κ1) is 23.7. The SMILES string of the molecule is CC(=O)C[C@@H](C)COC1CCC(Oc2nc3cnc(OC[C@H](C)F)c(Cl)c3n2C)CC1. The van der Waals surface area contributed by atoms with Crippen LogP contribution in [0.4, 0.5) is 4.39 Å². The molecule has 0 N–H and O–H groups in total. The molecule has 7 nitrogen and oxygen atoms in total. The third-order valence-electron chi connectivity index (χ3n) is 5.38. The lowest BCUT2D eigenvalue weighted by molar-refractivity contribution is -0.118. The fourth-order valence-corrected chi connectivity index (χ4v) is 4.17. The van der Waals surface area contributed by atoms with Gasteiger partial charge in [0, 0.05) is 20.1 Å². The maximum atomic E-state index is 13.1. The lowest BCUT2D eigenvalue weighted by atomic mass is 9.95. The van der Waals surface area contributed by atoms with Gasteiger partial charge in [0.15, 0.2) is 0 Å². The molecule has 0 radical (unpaired) electrons. The number of hydrogen-bond acceptors (Lipinski definition) is 6. The lowest BCUT2D eigenvalue weighted by Gasteiger charge is -2.29. The first-order chi connectivity index (χ1) is 14.7. The minimum absolute atomic E-state index is 0.0415. The van der Waals surface area contributed by atoms with E-state index in [9.17, 15) is 9.18 Å². The summed E-state index contributed by atoms with van der Waals surface area (Å²) >= 11 is 6.43. The van der Waals surface area contributed by atoms with E-state index in [1.165, 1.54) is 6.92 Å². The number of aromatic nitrogens is 3. The largest absolute Gasteiger partial charge is 0.473 e. The molecule has 0 unspecified atom stereocenters. The third kappa shape index (κ3) is 6.29. The van der Waals surface area contributed by atoms with Crippen LogP contribution in [-0.2, 0) is 16.6 Å². The summed E-state index contributed by atoms with van der Waals surface area (Å²) in [5.74, 6) is 0.623. The maximum absolute atomic E-state index is 13.1. The molecular weight excluding hydrogens is 425 g/mol. The van der Waals surface area contributed by atoms with Crippen LogP contribution in [0.15, 0.2) is 6.20 Å². The summed E-state index contributed by atoms with van der Waals surface area (Å²) in [7, 11) is 1.82. The number of pyridine rings is 1. The molecule has 31 heavy (non-hydrogen) atoms.